The number of phenols is 2. The van der Waals surface area contributed by atoms with Gasteiger partial charge in [-0.3, -0.25) is 0 Å². The molecule has 0 saturated heterocycles. The fraction of sp³-hybridized carbons (Fsp3) is 0.647. The van der Waals surface area contributed by atoms with Crippen LogP contribution in [0.2, 0.25) is 0 Å². The number of aromatic hydroxyl groups is 2. The van der Waals surface area contributed by atoms with Gasteiger partial charge in [0.05, 0.1) is 0 Å². The molecule has 4 aliphatic carbocycles. The van der Waals surface area contributed by atoms with E-state index in [-0.39, 0.29) is 11.2 Å². The van der Waals surface area contributed by atoms with Gasteiger partial charge in [-0.15, -0.1) is 0 Å². The van der Waals surface area contributed by atoms with Gasteiger partial charge in [-0.1, -0.05) is 6.07 Å². The van der Waals surface area contributed by atoms with Gasteiger partial charge in [-0.05, 0) is 74.7 Å². The summed E-state index contributed by atoms with van der Waals surface area (Å²) >= 11 is 0. The number of hydrogen-bond acceptors (Lipinski definition) is 2. The minimum Gasteiger partial charge on any atom is -0.508 e. The Bertz CT molecular complexity index is 497. The van der Waals surface area contributed by atoms with Crippen LogP contribution in [0.1, 0.15) is 49.7 Å². The van der Waals surface area contributed by atoms with Gasteiger partial charge < -0.3 is 10.2 Å². The maximum atomic E-state index is 10.5. The third-order valence-electron chi connectivity index (χ3n) is 6.01. The van der Waals surface area contributed by atoms with E-state index in [0.717, 1.165) is 23.3 Å². The number of benzene rings is 1. The second-order valence-corrected chi connectivity index (χ2v) is 7.30. The van der Waals surface area contributed by atoms with E-state index in [9.17, 15) is 10.2 Å². The summed E-state index contributed by atoms with van der Waals surface area (Å²) in [5.74, 6) is 3.19. The van der Waals surface area contributed by atoms with E-state index in [1.54, 1.807) is 6.07 Å². The Morgan fingerprint density at radius 3 is 2.00 bits per heavy atom. The van der Waals surface area contributed by atoms with Crippen LogP contribution in [-0.2, 0) is 5.41 Å². The van der Waals surface area contributed by atoms with E-state index in [1.165, 1.54) is 38.5 Å². The average Bonchev–Trinajstić information content (AvgIpc) is 2.34. The van der Waals surface area contributed by atoms with E-state index in [0.29, 0.717) is 11.3 Å². The van der Waals surface area contributed by atoms with Gasteiger partial charge in [0.1, 0.15) is 11.5 Å². The summed E-state index contributed by atoms with van der Waals surface area (Å²) in [4.78, 5) is 0. The molecule has 5 rings (SSSR count). The zero-order valence-corrected chi connectivity index (χ0v) is 11.5. The maximum Gasteiger partial charge on any atom is 0.125 e. The van der Waals surface area contributed by atoms with Gasteiger partial charge >= 0.3 is 0 Å². The smallest absolute Gasteiger partial charge is 0.125 e. The van der Waals surface area contributed by atoms with Crippen LogP contribution in [0.3, 0.4) is 0 Å². The molecule has 2 N–H and O–H groups in total. The molecule has 4 fully saturated rings. The topological polar surface area (TPSA) is 40.5 Å². The summed E-state index contributed by atoms with van der Waals surface area (Å²) in [5.41, 5.74) is 1.97. The summed E-state index contributed by atoms with van der Waals surface area (Å²) in [5, 5.41) is 20.2. The van der Waals surface area contributed by atoms with Gasteiger partial charge in [0.25, 0.3) is 0 Å². The Morgan fingerprint density at radius 2 is 1.47 bits per heavy atom. The monoisotopic (exact) mass is 258 g/mol. The molecule has 2 nitrogen and oxygen atoms in total. The fourth-order valence-electron chi connectivity index (χ4n) is 5.56. The summed E-state index contributed by atoms with van der Waals surface area (Å²) in [6.45, 7) is 1.81. The standard InChI is InChI=1S/C17H22O2/c1-10-15(18)3-2-14(16(10)19)17-7-11-4-12(8-17)6-13(5-11)9-17/h2-3,11-13,18-19H,4-9H2,1H3. The summed E-state index contributed by atoms with van der Waals surface area (Å²) < 4.78 is 0. The molecule has 0 radical (unpaired) electrons. The van der Waals surface area contributed by atoms with Crippen molar-refractivity contribution < 1.29 is 10.2 Å². The first kappa shape index (κ1) is 11.6. The molecule has 4 saturated carbocycles. The molecule has 0 amide bonds. The summed E-state index contributed by atoms with van der Waals surface area (Å²) in [6, 6.07) is 3.74. The number of phenolic OH excluding ortho intramolecular Hbond substituents is 2. The van der Waals surface area contributed by atoms with E-state index in [2.05, 4.69) is 0 Å². The van der Waals surface area contributed by atoms with E-state index >= 15 is 0 Å². The molecule has 4 aliphatic rings. The first-order valence-electron chi connectivity index (χ1n) is 7.59. The third-order valence-corrected chi connectivity index (χ3v) is 6.01. The van der Waals surface area contributed by atoms with Crippen LogP contribution >= 0.6 is 0 Å². The molecule has 4 bridgehead atoms. The van der Waals surface area contributed by atoms with Crippen molar-refractivity contribution in [2.75, 3.05) is 0 Å². The Labute approximate surface area is 114 Å². The van der Waals surface area contributed by atoms with E-state index < -0.39 is 0 Å². The summed E-state index contributed by atoms with van der Waals surface area (Å²) in [7, 11) is 0. The maximum absolute atomic E-state index is 10.5. The van der Waals surface area contributed by atoms with Crippen LogP contribution < -0.4 is 0 Å². The molecule has 1 aromatic rings. The Kier molecular flexibility index (Phi) is 2.25. The largest absolute Gasteiger partial charge is 0.508 e. The summed E-state index contributed by atoms with van der Waals surface area (Å²) in [6.07, 6.45) is 7.98. The van der Waals surface area contributed by atoms with Crippen molar-refractivity contribution in [2.45, 2.75) is 50.9 Å². The molecule has 102 valence electrons. The molecule has 0 unspecified atom stereocenters. The highest BCUT2D eigenvalue weighted by Gasteiger charge is 2.52. The fourth-order valence-corrected chi connectivity index (χ4v) is 5.56. The normalized spacial score (nSPS) is 39.7. The Balaban J connectivity index is 1.82. The molecule has 0 atom stereocenters. The SMILES string of the molecule is Cc1c(O)ccc(C23CC4CC(CC(C4)C2)C3)c1O. The highest BCUT2D eigenvalue weighted by atomic mass is 16.3. The van der Waals surface area contributed by atoms with Crippen molar-refractivity contribution in [3.8, 4) is 11.5 Å². The Morgan fingerprint density at radius 1 is 0.947 bits per heavy atom. The molecular formula is C17H22O2. The lowest BCUT2D eigenvalue weighted by atomic mass is 9.48. The minimum absolute atomic E-state index is 0.206. The predicted molar refractivity (Wildman–Crippen MR) is 74.4 cm³/mol. The van der Waals surface area contributed by atoms with E-state index in [1.807, 2.05) is 13.0 Å². The van der Waals surface area contributed by atoms with Crippen molar-refractivity contribution >= 4 is 0 Å². The lowest BCUT2D eigenvalue weighted by molar-refractivity contribution is -0.00619. The highest BCUT2D eigenvalue weighted by molar-refractivity contribution is 5.51. The van der Waals surface area contributed by atoms with Gasteiger partial charge in [0, 0.05) is 11.1 Å². The van der Waals surface area contributed by atoms with Crippen LogP contribution in [0.4, 0.5) is 0 Å². The average molecular weight is 258 g/mol. The molecular weight excluding hydrogens is 236 g/mol. The molecule has 0 spiro atoms. The van der Waals surface area contributed by atoms with Crippen LogP contribution in [-0.4, -0.2) is 10.2 Å². The molecule has 0 aliphatic heterocycles. The molecule has 1 aromatic carbocycles. The highest BCUT2D eigenvalue weighted by Crippen LogP contribution is 2.62. The van der Waals surface area contributed by atoms with Crippen LogP contribution in [0.25, 0.3) is 0 Å². The van der Waals surface area contributed by atoms with Gasteiger partial charge in [0.15, 0.2) is 0 Å². The van der Waals surface area contributed by atoms with E-state index in [4.69, 9.17) is 0 Å². The lowest BCUT2D eigenvalue weighted by Gasteiger charge is -2.57. The predicted octanol–water partition coefficient (Wildman–Crippen LogP) is 3.87. The number of rotatable bonds is 1. The van der Waals surface area contributed by atoms with Crippen molar-refractivity contribution in [3.63, 3.8) is 0 Å². The second kappa shape index (κ2) is 3.68. The number of hydrogen-bond donors (Lipinski definition) is 2. The first-order valence-corrected chi connectivity index (χ1v) is 7.59. The van der Waals surface area contributed by atoms with Crippen molar-refractivity contribution in [2.24, 2.45) is 17.8 Å². The molecule has 0 aromatic heterocycles. The zero-order chi connectivity index (χ0) is 13.2. The molecule has 19 heavy (non-hydrogen) atoms. The Hall–Kier alpha value is -1.18. The van der Waals surface area contributed by atoms with Gasteiger partial charge in [0.2, 0.25) is 0 Å². The van der Waals surface area contributed by atoms with Gasteiger partial charge in [-0.2, -0.15) is 0 Å². The van der Waals surface area contributed by atoms with Crippen molar-refractivity contribution in [1.29, 1.82) is 0 Å². The van der Waals surface area contributed by atoms with Crippen molar-refractivity contribution in [1.82, 2.24) is 0 Å². The third kappa shape index (κ3) is 1.55. The van der Waals surface area contributed by atoms with Crippen LogP contribution in [0.5, 0.6) is 11.5 Å². The molecule has 2 heteroatoms. The molecule has 0 heterocycles. The minimum atomic E-state index is 0.206. The van der Waals surface area contributed by atoms with Gasteiger partial charge in [-0.25, -0.2) is 0 Å². The van der Waals surface area contributed by atoms with Crippen LogP contribution in [0, 0.1) is 24.7 Å². The zero-order valence-electron chi connectivity index (χ0n) is 11.5. The quantitative estimate of drug-likeness (QED) is 0.802. The second-order valence-electron chi connectivity index (χ2n) is 7.30. The lowest BCUT2D eigenvalue weighted by Crippen LogP contribution is -2.48. The first-order chi connectivity index (χ1) is 9.07. The van der Waals surface area contributed by atoms with Crippen molar-refractivity contribution in [3.05, 3.63) is 23.3 Å². The van der Waals surface area contributed by atoms with Crippen LogP contribution in [0.15, 0.2) is 12.1 Å².